The van der Waals surface area contributed by atoms with Crippen LogP contribution in [0.2, 0.25) is 0 Å². The van der Waals surface area contributed by atoms with Crippen molar-refractivity contribution < 1.29 is 9.84 Å². The van der Waals surface area contributed by atoms with Crippen LogP contribution in [-0.4, -0.2) is 32.8 Å². The molecule has 83 valence electrons. The second-order valence-corrected chi connectivity index (χ2v) is 2.89. The van der Waals surface area contributed by atoms with E-state index < -0.39 is 17.4 Å². The Kier molecular flexibility index (Phi) is 4.19. The van der Waals surface area contributed by atoms with E-state index in [0.29, 0.717) is 6.61 Å². The van der Waals surface area contributed by atoms with Gasteiger partial charge < -0.3 is 9.84 Å². The molecule has 1 heterocycles. The number of nitrogens with one attached hydrogen (secondary N) is 1. The van der Waals surface area contributed by atoms with Gasteiger partial charge in [-0.3, -0.25) is 14.2 Å². The van der Waals surface area contributed by atoms with Crippen molar-refractivity contribution in [2.45, 2.75) is 26.2 Å². The highest BCUT2D eigenvalue weighted by molar-refractivity contribution is 4.73. The number of hydrogen-bond donors (Lipinski definition) is 2. The van der Waals surface area contributed by atoms with Gasteiger partial charge in [0.1, 0.15) is 0 Å². The molecule has 1 aromatic heterocycles. The first-order valence-corrected chi connectivity index (χ1v) is 4.52. The number of aromatic amines is 1. The van der Waals surface area contributed by atoms with E-state index in [1.54, 1.807) is 0 Å². The van der Waals surface area contributed by atoms with Crippen LogP contribution in [0.3, 0.4) is 0 Å². The fourth-order valence-electron chi connectivity index (χ4n) is 0.938. The summed E-state index contributed by atoms with van der Waals surface area (Å²) in [4.78, 5) is 22.0. The molecule has 1 aromatic rings. The maximum Gasteiger partial charge on any atom is 0.330 e. The topological polar surface area (TPSA) is 97.2 Å². The molecule has 1 radical (unpaired) electrons. The van der Waals surface area contributed by atoms with E-state index in [-0.39, 0.29) is 6.54 Å². The van der Waals surface area contributed by atoms with E-state index in [2.05, 4.69) is 11.4 Å². The molecule has 0 saturated carbocycles. The summed E-state index contributed by atoms with van der Waals surface area (Å²) in [5.41, 5.74) is -1.67. The average Bonchev–Trinajstić information content (AvgIpc) is 2.22. The second kappa shape index (κ2) is 5.42. The molecule has 0 saturated heterocycles. The van der Waals surface area contributed by atoms with Crippen LogP contribution in [0.5, 0.6) is 0 Å². The summed E-state index contributed by atoms with van der Waals surface area (Å²) in [6, 6.07) is 0. The van der Waals surface area contributed by atoms with Crippen molar-refractivity contribution >= 4 is 0 Å². The summed E-state index contributed by atoms with van der Waals surface area (Å²) in [5.74, 6) is 0. The lowest BCUT2D eigenvalue weighted by Gasteiger charge is -2.11. The molecule has 1 unspecified atom stereocenters. The predicted octanol–water partition coefficient (Wildman–Crippen LogP) is -1.52. The Morgan fingerprint density at radius 2 is 2.40 bits per heavy atom. The van der Waals surface area contributed by atoms with Gasteiger partial charge in [0.05, 0.1) is 6.54 Å². The third-order valence-corrected chi connectivity index (χ3v) is 1.62. The highest BCUT2D eigenvalue weighted by atomic mass is 16.6. The number of hydrogen-bond acceptors (Lipinski definition) is 5. The summed E-state index contributed by atoms with van der Waals surface area (Å²) in [5, 5.41) is 14.6. The van der Waals surface area contributed by atoms with Crippen LogP contribution in [0.4, 0.5) is 0 Å². The SMILES string of the molecule is CCCOC(O)Cn1[c]n[nH]c(=O)c1=O. The summed E-state index contributed by atoms with van der Waals surface area (Å²) in [6.45, 7) is 2.11. The van der Waals surface area contributed by atoms with Gasteiger partial charge in [-0.1, -0.05) is 6.92 Å². The van der Waals surface area contributed by atoms with Gasteiger partial charge >= 0.3 is 11.1 Å². The number of aliphatic hydroxyl groups excluding tert-OH is 1. The maximum absolute atomic E-state index is 11.2. The molecule has 0 amide bonds. The summed E-state index contributed by atoms with van der Waals surface area (Å²) in [6.07, 6.45) is 1.86. The van der Waals surface area contributed by atoms with Crippen molar-refractivity contribution in [3.8, 4) is 0 Å². The van der Waals surface area contributed by atoms with Crippen LogP contribution in [0.25, 0.3) is 0 Å². The Bertz CT molecular complexity index is 411. The van der Waals surface area contributed by atoms with Crippen LogP contribution in [-0.2, 0) is 11.3 Å². The summed E-state index contributed by atoms with van der Waals surface area (Å²) in [7, 11) is 0. The Morgan fingerprint density at radius 1 is 1.67 bits per heavy atom. The van der Waals surface area contributed by atoms with Crippen molar-refractivity contribution in [1.82, 2.24) is 14.8 Å². The smallest absolute Gasteiger partial charge is 0.330 e. The van der Waals surface area contributed by atoms with Crippen LogP contribution in [0.1, 0.15) is 13.3 Å². The van der Waals surface area contributed by atoms with Crippen molar-refractivity contribution in [3.63, 3.8) is 0 Å². The Labute approximate surface area is 85.3 Å². The standard InChI is InChI=1S/C8H12N3O4/c1-2-3-15-6(12)4-11-5-9-10-7(13)8(11)14/h6,12H,2-4H2,1H3,(H,10,13). The molecule has 1 atom stereocenters. The van der Waals surface area contributed by atoms with Gasteiger partial charge in [-0.2, -0.15) is 5.10 Å². The Hall–Kier alpha value is -1.47. The molecule has 2 N–H and O–H groups in total. The number of ether oxygens (including phenoxy) is 1. The van der Waals surface area contributed by atoms with Crippen molar-refractivity contribution in [3.05, 3.63) is 27.0 Å². The van der Waals surface area contributed by atoms with Gasteiger partial charge in [0.25, 0.3) is 0 Å². The zero-order valence-electron chi connectivity index (χ0n) is 8.27. The lowest BCUT2D eigenvalue weighted by molar-refractivity contribution is -0.108. The molecule has 0 bridgehead atoms. The minimum absolute atomic E-state index is 0.157. The third kappa shape index (κ3) is 3.30. The lowest BCUT2D eigenvalue weighted by atomic mass is 10.5. The Morgan fingerprint density at radius 3 is 3.07 bits per heavy atom. The third-order valence-electron chi connectivity index (χ3n) is 1.62. The quantitative estimate of drug-likeness (QED) is 0.458. The van der Waals surface area contributed by atoms with Crippen LogP contribution in [0, 0.1) is 6.33 Å². The normalized spacial score (nSPS) is 12.7. The number of aliphatic hydroxyl groups is 1. The van der Waals surface area contributed by atoms with E-state index >= 15 is 0 Å². The molecule has 1 rings (SSSR count). The molecule has 0 fully saturated rings. The van der Waals surface area contributed by atoms with Crippen LogP contribution in [0.15, 0.2) is 9.59 Å². The fraction of sp³-hybridized carbons (Fsp3) is 0.625. The van der Waals surface area contributed by atoms with E-state index in [0.717, 1.165) is 11.0 Å². The monoisotopic (exact) mass is 214 g/mol. The highest BCUT2D eigenvalue weighted by Crippen LogP contribution is 1.91. The molecular weight excluding hydrogens is 202 g/mol. The largest absolute Gasteiger partial charge is 0.366 e. The molecule has 0 aromatic carbocycles. The predicted molar refractivity (Wildman–Crippen MR) is 50.2 cm³/mol. The highest BCUT2D eigenvalue weighted by Gasteiger charge is 2.08. The van der Waals surface area contributed by atoms with Gasteiger partial charge in [0.15, 0.2) is 6.29 Å². The first-order chi connectivity index (χ1) is 7.15. The van der Waals surface area contributed by atoms with E-state index in [1.807, 2.05) is 12.0 Å². The van der Waals surface area contributed by atoms with Crippen LogP contribution < -0.4 is 11.1 Å². The first kappa shape index (κ1) is 11.6. The number of nitrogens with zero attached hydrogens (tertiary/aromatic N) is 2. The van der Waals surface area contributed by atoms with Gasteiger partial charge in [-0.25, -0.2) is 5.10 Å². The number of H-pyrrole nitrogens is 1. The maximum atomic E-state index is 11.2. The summed E-state index contributed by atoms with van der Waals surface area (Å²) < 4.78 is 5.80. The van der Waals surface area contributed by atoms with E-state index in [1.165, 1.54) is 0 Å². The van der Waals surface area contributed by atoms with Crippen LogP contribution >= 0.6 is 0 Å². The van der Waals surface area contributed by atoms with Gasteiger partial charge in [-0.05, 0) is 6.42 Å². The molecule has 0 spiro atoms. The molecule has 0 aliphatic carbocycles. The molecule has 15 heavy (non-hydrogen) atoms. The van der Waals surface area contributed by atoms with Crippen molar-refractivity contribution in [2.75, 3.05) is 6.61 Å². The zero-order valence-corrected chi connectivity index (χ0v) is 8.27. The summed E-state index contributed by atoms with van der Waals surface area (Å²) >= 11 is 0. The second-order valence-electron chi connectivity index (χ2n) is 2.89. The van der Waals surface area contributed by atoms with Crippen molar-refractivity contribution in [1.29, 1.82) is 0 Å². The molecule has 0 aliphatic heterocycles. The van der Waals surface area contributed by atoms with Crippen molar-refractivity contribution in [2.24, 2.45) is 0 Å². The van der Waals surface area contributed by atoms with Gasteiger partial charge in [0, 0.05) is 6.61 Å². The molecule has 7 nitrogen and oxygen atoms in total. The molecular formula is C8H12N3O4. The van der Waals surface area contributed by atoms with Gasteiger partial charge in [0.2, 0.25) is 6.33 Å². The number of rotatable bonds is 5. The lowest BCUT2D eigenvalue weighted by Crippen LogP contribution is -2.39. The minimum Gasteiger partial charge on any atom is -0.366 e. The molecule has 7 heteroatoms. The molecule has 0 aliphatic rings. The fourth-order valence-corrected chi connectivity index (χ4v) is 0.938. The Balaban J connectivity index is 2.68. The zero-order chi connectivity index (χ0) is 11.3. The average molecular weight is 214 g/mol. The minimum atomic E-state index is -1.14. The van der Waals surface area contributed by atoms with E-state index in [4.69, 9.17) is 4.74 Å². The number of aromatic nitrogens is 3. The first-order valence-electron chi connectivity index (χ1n) is 4.52. The van der Waals surface area contributed by atoms with Gasteiger partial charge in [-0.15, -0.1) is 0 Å². The van der Waals surface area contributed by atoms with E-state index in [9.17, 15) is 14.7 Å².